The molecule has 4 heteroatoms. The quantitative estimate of drug-likeness (QED) is 0.749. The average molecular weight is 245 g/mol. The molecule has 4 heterocycles. The Bertz CT molecular complexity index is 502. The number of hydrogen-bond acceptors (Lipinski definition) is 4. The summed E-state index contributed by atoms with van der Waals surface area (Å²) >= 11 is 0. The van der Waals surface area contributed by atoms with Gasteiger partial charge in [-0.25, -0.2) is 4.98 Å². The number of aromatic nitrogens is 1. The summed E-state index contributed by atoms with van der Waals surface area (Å²) in [5.74, 6) is 1.21. The van der Waals surface area contributed by atoms with Gasteiger partial charge in [-0.05, 0) is 31.9 Å². The molecule has 4 nitrogen and oxygen atoms in total. The molecule has 0 spiro atoms. The minimum atomic E-state index is 0.155. The third-order valence-corrected chi connectivity index (χ3v) is 4.45. The lowest BCUT2D eigenvalue weighted by molar-refractivity contribution is 0.0779. The SMILES string of the molecule is C[C@H]1OCc2cc3c(nc21)N1[C@@H](CNC[C@@H]1C)C3. The fourth-order valence-corrected chi connectivity index (χ4v) is 3.56. The Morgan fingerprint density at radius 1 is 1.33 bits per heavy atom. The maximum Gasteiger partial charge on any atom is 0.132 e. The maximum atomic E-state index is 5.67. The van der Waals surface area contributed by atoms with Crippen LogP contribution in [0.5, 0.6) is 0 Å². The van der Waals surface area contributed by atoms with Crippen molar-refractivity contribution in [3.8, 4) is 0 Å². The number of nitrogens with zero attached hydrogens (tertiary/aromatic N) is 2. The minimum Gasteiger partial charge on any atom is -0.367 e. The van der Waals surface area contributed by atoms with Crippen LogP contribution in [0.15, 0.2) is 6.07 Å². The van der Waals surface area contributed by atoms with Gasteiger partial charge in [0.25, 0.3) is 0 Å². The topological polar surface area (TPSA) is 37.4 Å². The van der Waals surface area contributed by atoms with Crippen molar-refractivity contribution in [2.45, 2.75) is 45.1 Å². The van der Waals surface area contributed by atoms with E-state index in [1.807, 2.05) is 0 Å². The molecule has 3 aliphatic rings. The number of fused-ring (bicyclic) bond motifs is 4. The highest BCUT2D eigenvalue weighted by atomic mass is 16.5. The summed E-state index contributed by atoms with van der Waals surface area (Å²) in [6, 6.07) is 3.45. The lowest BCUT2D eigenvalue weighted by atomic mass is 10.1. The van der Waals surface area contributed by atoms with Crippen LogP contribution in [0.3, 0.4) is 0 Å². The lowest BCUT2D eigenvalue weighted by Gasteiger charge is -2.37. The minimum absolute atomic E-state index is 0.155. The van der Waals surface area contributed by atoms with Crippen molar-refractivity contribution in [2.75, 3.05) is 18.0 Å². The number of rotatable bonds is 0. The Labute approximate surface area is 107 Å². The normalized spacial score (nSPS) is 33.2. The van der Waals surface area contributed by atoms with Crippen molar-refractivity contribution < 1.29 is 4.74 Å². The van der Waals surface area contributed by atoms with Crippen molar-refractivity contribution in [2.24, 2.45) is 0 Å². The molecule has 1 fully saturated rings. The highest BCUT2D eigenvalue weighted by Crippen LogP contribution is 2.38. The van der Waals surface area contributed by atoms with E-state index in [0.29, 0.717) is 12.1 Å². The van der Waals surface area contributed by atoms with E-state index >= 15 is 0 Å². The molecule has 1 saturated heterocycles. The van der Waals surface area contributed by atoms with Crippen LogP contribution in [-0.2, 0) is 17.8 Å². The molecule has 0 unspecified atom stereocenters. The predicted molar refractivity (Wildman–Crippen MR) is 69.7 cm³/mol. The maximum absolute atomic E-state index is 5.67. The molecule has 0 radical (unpaired) electrons. The molecule has 4 rings (SSSR count). The highest BCUT2D eigenvalue weighted by molar-refractivity contribution is 5.58. The van der Waals surface area contributed by atoms with Crippen molar-refractivity contribution in [3.63, 3.8) is 0 Å². The van der Waals surface area contributed by atoms with Crippen LogP contribution in [0.4, 0.5) is 5.82 Å². The van der Waals surface area contributed by atoms with Gasteiger partial charge in [-0.1, -0.05) is 0 Å². The van der Waals surface area contributed by atoms with Gasteiger partial charge in [-0.2, -0.15) is 0 Å². The van der Waals surface area contributed by atoms with Gasteiger partial charge < -0.3 is 15.0 Å². The summed E-state index contributed by atoms with van der Waals surface area (Å²) in [6.45, 7) is 7.25. The first-order chi connectivity index (χ1) is 8.74. The van der Waals surface area contributed by atoms with Crippen molar-refractivity contribution in [3.05, 3.63) is 22.9 Å². The first kappa shape index (κ1) is 10.8. The number of pyridine rings is 1. The number of nitrogens with one attached hydrogen (secondary N) is 1. The highest BCUT2D eigenvalue weighted by Gasteiger charge is 2.38. The second kappa shape index (κ2) is 3.68. The van der Waals surface area contributed by atoms with E-state index in [1.165, 1.54) is 16.9 Å². The van der Waals surface area contributed by atoms with E-state index in [9.17, 15) is 0 Å². The van der Waals surface area contributed by atoms with Crippen molar-refractivity contribution >= 4 is 5.82 Å². The fraction of sp³-hybridized carbons (Fsp3) is 0.643. The molecule has 18 heavy (non-hydrogen) atoms. The molecule has 0 saturated carbocycles. The molecular formula is C14H19N3O. The number of hydrogen-bond donors (Lipinski definition) is 1. The van der Waals surface area contributed by atoms with Crippen LogP contribution >= 0.6 is 0 Å². The van der Waals surface area contributed by atoms with Crippen LogP contribution in [0.1, 0.15) is 36.8 Å². The van der Waals surface area contributed by atoms with Crippen LogP contribution in [0, 0.1) is 0 Å². The van der Waals surface area contributed by atoms with E-state index in [0.717, 1.165) is 31.8 Å². The molecule has 0 bridgehead atoms. The number of piperazine rings is 1. The summed E-state index contributed by atoms with van der Waals surface area (Å²) in [7, 11) is 0. The van der Waals surface area contributed by atoms with E-state index in [1.54, 1.807) is 0 Å². The Morgan fingerprint density at radius 2 is 2.22 bits per heavy atom. The number of anilines is 1. The molecule has 1 aromatic heterocycles. The molecule has 1 aromatic rings. The van der Waals surface area contributed by atoms with Gasteiger partial charge in [0.2, 0.25) is 0 Å². The zero-order chi connectivity index (χ0) is 12.3. The molecular weight excluding hydrogens is 226 g/mol. The first-order valence-corrected chi connectivity index (χ1v) is 6.87. The summed E-state index contributed by atoms with van der Waals surface area (Å²) < 4.78 is 5.67. The first-order valence-electron chi connectivity index (χ1n) is 6.87. The van der Waals surface area contributed by atoms with E-state index < -0.39 is 0 Å². The zero-order valence-electron chi connectivity index (χ0n) is 10.9. The van der Waals surface area contributed by atoms with E-state index in [4.69, 9.17) is 9.72 Å². The summed E-state index contributed by atoms with van der Waals surface area (Å²) in [4.78, 5) is 7.43. The van der Waals surface area contributed by atoms with Crippen molar-refractivity contribution in [1.82, 2.24) is 10.3 Å². The van der Waals surface area contributed by atoms with Crippen LogP contribution in [-0.4, -0.2) is 30.2 Å². The zero-order valence-corrected chi connectivity index (χ0v) is 10.9. The van der Waals surface area contributed by atoms with Gasteiger partial charge in [0.15, 0.2) is 0 Å². The summed E-state index contributed by atoms with van der Waals surface area (Å²) in [5.41, 5.74) is 3.86. The standard InChI is InChI=1S/C14H19N3O/c1-8-5-15-6-12-4-10-3-11-7-18-9(2)13(11)16-14(10)17(8)12/h3,8-9,12,15H,4-7H2,1-2H3/t8-,9+,12+/m0/s1. The molecule has 0 aromatic carbocycles. The van der Waals surface area contributed by atoms with Gasteiger partial charge in [-0.3, -0.25) is 0 Å². The number of ether oxygens (including phenoxy) is 1. The Kier molecular flexibility index (Phi) is 2.20. The van der Waals surface area contributed by atoms with Gasteiger partial charge >= 0.3 is 0 Å². The smallest absolute Gasteiger partial charge is 0.132 e. The third-order valence-electron chi connectivity index (χ3n) is 4.45. The van der Waals surface area contributed by atoms with Crippen LogP contribution in [0.2, 0.25) is 0 Å². The summed E-state index contributed by atoms with van der Waals surface area (Å²) in [5, 5.41) is 3.51. The Hall–Kier alpha value is -1.13. The van der Waals surface area contributed by atoms with Crippen LogP contribution in [0.25, 0.3) is 0 Å². The average Bonchev–Trinajstić information content (AvgIpc) is 2.89. The largest absolute Gasteiger partial charge is 0.367 e. The van der Waals surface area contributed by atoms with Gasteiger partial charge in [0.05, 0.1) is 18.4 Å². The molecule has 3 atom stereocenters. The monoisotopic (exact) mass is 245 g/mol. The van der Waals surface area contributed by atoms with Gasteiger partial charge in [0.1, 0.15) is 5.82 Å². The third kappa shape index (κ3) is 1.36. The van der Waals surface area contributed by atoms with Crippen LogP contribution < -0.4 is 10.2 Å². The predicted octanol–water partition coefficient (Wildman–Crippen LogP) is 1.40. The molecule has 3 aliphatic heterocycles. The Balaban J connectivity index is 1.81. The molecule has 0 aliphatic carbocycles. The molecule has 1 N–H and O–H groups in total. The summed E-state index contributed by atoms with van der Waals surface area (Å²) in [6.07, 6.45) is 1.28. The van der Waals surface area contributed by atoms with Gasteiger partial charge in [0, 0.05) is 30.7 Å². The fourth-order valence-electron chi connectivity index (χ4n) is 3.56. The lowest BCUT2D eigenvalue weighted by Crippen LogP contribution is -2.55. The molecule has 0 amide bonds. The molecule has 96 valence electrons. The Morgan fingerprint density at radius 3 is 3.11 bits per heavy atom. The second-order valence-corrected chi connectivity index (χ2v) is 5.74. The second-order valence-electron chi connectivity index (χ2n) is 5.74. The van der Waals surface area contributed by atoms with Gasteiger partial charge in [-0.15, -0.1) is 0 Å². The van der Waals surface area contributed by atoms with E-state index in [2.05, 4.69) is 30.1 Å². The van der Waals surface area contributed by atoms with Crippen molar-refractivity contribution in [1.29, 1.82) is 0 Å². The van der Waals surface area contributed by atoms with E-state index in [-0.39, 0.29) is 6.10 Å².